The molecule has 0 spiro atoms. The predicted molar refractivity (Wildman–Crippen MR) is 80.9 cm³/mol. The molecule has 2 aromatic carbocycles. The van der Waals surface area contributed by atoms with Crippen molar-refractivity contribution in [2.24, 2.45) is 0 Å². The van der Waals surface area contributed by atoms with Crippen molar-refractivity contribution in [1.29, 1.82) is 0 Å². The zero-order valence-corrected chi connectivity index (χ0v) is 11.9. The number of rotatable bonds is 3. The quantitative estimate of drug-likeness (QED) is 0.913. The number of carbonyl (C=O) groups is 2. The van der Waals surface area contributed by atoms with Crippen molar-refractivity contribution >= 4 is 11.9 Å². The van der Waals surface area contributed by atoms with E-state index in [2.05, 4.69) is 0 Å². The second-order valence-corrected chi connectivity index (χ2v) is 5.59. The van der Waals surface area contributed by atoms with Crippen molar-refractivity contribution in [2.45, 2.75) is 24.2 Å². The molecule has 0 bridgehead atoms. The van der Waals surface area contributed by atoms with Crippen LogP contribution >= 0.6 is 0 Å². The summed E-state index contributed by atoms with van der Waals surface area (Å²) in [5.41, 5.74) is 0.711. The van der Waals surface area contributed by atoms with E-state index >= 15 is 0 Å². The molecule has 2 aromatic rings. The van der Waals surface area contributed by atoms with Crippen molar-refractivity contribution in [1.82, 2.24) is 0 Å². The first-order valence-corrected chi connectivity index (χ1v) is 7.18. The first-order valence-electron chi connectivity index (χ1n) is 7.18. The molecule has 1 aliphatic carbocycles. The predicted octanol–water partition coefficient (Wildman–Crippen LogP) is 3.02. The summed E-state index contributed by atoms with van der Waals surface area (Å²) in [5, 5.41) is 19.4. The number of hydrogen-bond donors (Lipinski definition) is 2. The molecule has 3 rings (SSSR count). The molecule has 4 heteroatoms. The Kier molecular flexibility index (Phi) is 3.45. The minimum Gasteiger partial charge on any atom is -0.481 e. The first-order chi connectivity index (χ1) is 10.6. The number of carboxylic acid groups (broad SMARTS) is 2. The maximum absolute atomic E-state index is 12.2. The Bertz CT molecular complexity index is 723. The van der Waals surface area contributed by atoms with Crippen molar-refractivity contribution < 1.29 is 19.8 Å². The Morgan fingerprint density at radius 2 is 1.59 bits per heavy atom. The van der Waals surface area contributed by atoms with Crippen LogP contribution in [0.1, 0.15) is 35.4 Å². The lowest BCUT2D eigenvalue weighted by atomic mass is 9.63. The maximum Gasteiger partial charge on any atom is 0.318 e. The van der Waals surface area contributed by atoms with E-state index in [0.717, 1.165) is 0 Å². The third-order valence-electron chi connectivity index (χ3n) is 4.53. The fraction of sp³-hybridized carbons (Fsp3) is 0.222. The summed E-state index contributed by atoms with van der Waals surface area (Å²) in [6, 6.07) is 16.1. The molecule has 0 aliphatic heterocycles. The van der Waals surface area contributed by atoms with Gasteiger partial charge in [0.2, 0.25) is 0 Å². The summed E-state index contributed by atoms with van der Waals surface area (Å²) in [7, 11) is 0. The van der Waals surface area contributed by atoms with Crippen molar-refractivity contribution in [3.05, 3.63) is 71.3 Å². The van der Waals surface area contributed by atoms with E-state index in [-0.39, 0.29) is 6.42 Å². The van der Waals surface area contributed by atoms with Crippen LogP contribution in [0.3, 0.4) is 0 Å². The Morgan fingerprint density at radius 3 is 2.23 bits per heavy atom. The molecule has 0 saturated carbocycles. The molecule has 112 valence electrons. The number of carboxylic acids is 2. The van der Waals surface area contributed by atoms with Gasteiger partial charge in [-0.05, 0) is 29.5 Å². The molecule has 4 nitrogen and oxygen atoms in total. The highest BCUT2D eigenvalue weighted by molar-refractivity contribution is 5.89. The second-order valence-electron chi connectivity index (χ2n) is 5.59. The average Bonchev–Trinajstić information content (AvgIpc) is 2.54. The number of aliphatic carboxylic acids is 2. The molecule has 0 saturated heterocycles. The summed E-state index contributed by atoms with van der Waals surface area (Å²) < 4.78 is 0. The third kappa shape index (κ3) is 1.99. The van der Waals surface area contributed by atoms with E-state index in [1.54, 1.807) is 36.4 Å². The van der Waals surface area contributed by atoms with Crippen molar-refractivity contribution in [3.63, 3.8) is 0 Å². The standard InChI is InChI=1S/C18H16O4/c19-16(20)14-10-11-18(17(21)22,12-6-2-1-3-7-12)15-9-5-4-8-13(14)15/h1-9,14H,10-11H2,(H,19,20)(H,21,22)/t14-,18-/m1/s1. The van der Waals surface area contributed by atoms with Gasteiger partial charge in [0.05, 0.1) is 5.92 Å². The molecule has 2 atom stereocenters. The Balaban J connectivity index is 2.27. The van der Waals surface area contributed by atoms with Crippen LogP contribution in [0.15, 0.2) is 54.6 Å². The molecule has 22 heavy (non-hydrogen) atoms. The number of fused-ring (bicyclic) bond motifs is 1. The lowest BCUT2D eigenvalue weighted by Crippen LogP contribution is -2.42. The van der Waals surface area contributed by atoms with E-state index in [1.165, 1.54) is 0 Å². The topological polar surface area (TPSA) is 74.6 Å². The molecule has 1 aliphatic rings. The number of hydrogen-bond acceptors (Lipinski definition) is 2. The van der Waals surface area contributed by atoms with Gasteiger partial charge in [-0.15, -0.1) is 0 Å². The molecule has 0 unspecified atom stereocenters. The van der Waals surface area contributed by atoms with E-state index in [0.29, 0.717) is 23.1 Å². The molecule has 0 heterocycles. The lowest BCUT2D eigenvalue weighted by Gasteiger charge is -2.38. The highest BCUT2D eigenvalue weighted by Gasteiger charge is 2.48. The molecule has 2 N–H and O–H groups in total. The summed E-state index contributed by atoms with van der Waals surface area (Å²) in [6.07, 6.45) is 0.591. The van der Waals surface area contributed by atoms with Gasteiger partial charge in [-0.25, -0.2) is 0 Å². The molecular formula is C18H16O4. The Morgan fingerprint density at radius 1 is 0.955 bits per heavy atom. The molecule has 0 radical (unpaired) electrons. The van der Waals surface area contributed by atoms with E-state index in [9.17, 15) is 19.8 Å². The van der Waals surface area contributed by atoms with Gasteiger partial charge in [0.25, 0.3) is 0 Å². The van der Waals surface area contributed by atoms with Crippen LogP contribution in [0.25, 0.3) is 0 Å². The van der Waals surface area contributed by atoms with Gasteiger partial charge in [-0.2, -0.15) is 0 Å². The minimum atomic E-state index is -1.18. The smallest absolute Gasteiger partial charge is 0.318 e. The van der Waals surface area contributed by atoms with Gasteiger partial charge in [0.15, 0.2) is 0 Å². The summed E-state index contributed by atoms with van der Waals surface area (Å²) >= 11 is 0. The van der Waals surface area contributed by atoms with E-state index in [4.69, 9.17) is 0 Å². The van der Waals surface area contributed by atoms with Gasteiger partial charge in [0.1, 0.15) is 5.41 Å². The molecule has 0 fully saturated rings. The molecular weight excluding hydrogens is 280 g/mol. The fourth-order valence-corrected chi connectivity index (χ4v) is 3.47. The fourth-order valence-electron chi connectivity index (χ4n) is 3.47. The van der Waals surface area contributed by atoms with Gasteiger partial charge in [-0.1, -0.05) is 54.6 Å². The second kappa shape index (κ2) is 5.30. The third-order valence-corrected chi connectivity index (χ3v) is 4.53. The highest BCUT2D eigenvalue weighted by Crippen LogP contribution is 2.47. The van der Waals surface area contributed by atoms with E-state index < -0.39 is 23.3 Å². The molecule has 0 amide bonds. The van der Waals surface area contributed by atoms with Gasteiger partial charge < -0.3 is 10.2 Å². The van der Waals surface area contributed by atoms with Crippen LogP contribution in [0.5, 0.6) is 0 Å². The van der Waals surface area contributed by atoms with Crippen molar-refractivity contribution in [3.8, 4) is 0 Å². The van der Waals surface area contributed by atoms with Crippen LogP contribution in [0.4, 0.5) is 0 Å². The van der Waals surface area contributed by atoms with Crippen molar-refractivity contribution in [2.75, 3.05) is 0 Å². The minimum absolute atomic E-state index is 0.278. The van der Waals surface area contributed by atoms with E-state index in [1.807, 2.05) is 18.2 Å². The lowest BCUT2D eigenvalue weighted by molar-refractivity contribution is -0.145. The van der Waals surface area contributed by atoms with Gasteiger partial charge in [-0.3, -0.25) is 9.59 Å². The zero-order valence-electron chi connectivity index (χ0n) is 11.9. The van der Waals surface area contributed by atoms with Crippen LogP contribution in [-0.2, 0) is 15.0 Å². The SMILES string of the molecule is O=C(O)[C@@H]1CC[C@@](C(=O)O)(c2ccccc2)c2ccccc21. The highest BCUT2D eigenvalue weighted by atomic mass is 16.4. The van der Waals surface area contributed by atoms with Crippen LogP contribution < -0.4 is 0 Å². The monoisotopic (exact) mass is 296 g/mol. The zero-order chi connectivity index (χ0) is 15.7. The average molecular weight is 296 g/mol. The molecule has 0 aromatic heterocycles. The normalized spacial score (nSPS) is 23.5. The van der Waals surface area contributed by atoms with Crippen LogP contribution in [-0.4, -0.2) is 22.2 Å². The van der Waals surface area contributed by atoms with Gasteiger partial charge in [0, 0.05) is 0 Å². The maximum atomic E-state index is 12.2. The Labute approximate surface area is 128 Å². The Hall–Kier alpha value is -2.62. The number of benzene rings is 2. The van der Waals surface area contributed by atoms with Crippen LogP contribution in [0.2, 0.25) is 0 Å². The summed E-state index contributed by atoms with van der Waals surface area (Å²) in [6.45, 7) is 0. The summed E-state index contributed by atoms with van der Waals surface area (Å²) in [5.74, 6) is -2.48. The summed E-state index contributed by atoms with van der Waals surface area (Å²) in [4.78, 5) is 23.7. The van der Waals surface area contributed by atoms with Crippen LogP contribution in [0, 0.1) is 0 Å². The van der Waals surface area contributed by atoms with Gasteiger partial charge >= 0.3 is 11.9 Å². The first kappa shape index (κ1) is 14.3. The largest absolute Gasteiger partial charge is 0.481 e.